The highest BCUT2D eigenvalue weighted by Crippen LogP contribution is 2.17. The van der Waals surface area contributed by atoms with E-state index >= 15 is 0 Å². The smallest absolute Gasteiger partial charge is 0.306 e. The zero-order valence-corrected chi connectivity index (χ0v) is 37.7. The molecular formula is C49H94O6. The number of carbonyl (C=O) groups excluding carboxylic acids is 3. The molecule has 0 heterocycles. The van der Waals surface area contributed by atoms with Crippen LogP contribution in [-0.4, -0.2) is 37.2 Å². The Kier molecular flexibility index (Phi) is 39.4. The minimum absolute atomic E-state index is 0.0663. The van der Waals surface area contributed by atoms with Crippen molar-refractivity contribution in [1.29, 1.82) is 0 Å². The van der Waals surface area contributed by atoms with Gasteiger partial charge in [-0.2, -0.15) is 0 Å². The van der Waals surface area contributed by atoms with Crippen molar-refractivity contribution in [2.75, 3.05) is 13.2 Å². The first-order valence-electron chi connectivity index (χ1n) is 24.1. The molecule has 6 nitrogen and oxygen atoms in total. The van der Waals surface area contributed by atoms with Gasteiger partial charge in [-0.3, -0.25) is 14.4 Å². The molecule has 0 bridgehead atoms. The van der Waals surface area contributed by atoms with Gasteiger partial charge in [0.1, 0.15) is 13.2 Å². The molecule has 6 heteroatoms. The number of hydrogen-bond acceptors (Lipinski definition) is 6. The van der Waals surface area contributed by atoms with Crippen LogP contribution < -0.4 is 0 Å². The minimum Gasteiger partial charge on any atom is -0.462 e. The van der Waals surface area contributed by atoms with Gasteiger partial charge in [-0.1, -0.05) is 221 Å². The van der Waals surface area contributed by atoms with Crippen molar-refractivity contribution < 1.29 is 28.6 Å². The van der Waals surface area contributed by atoms with E-state index < -0.39 is 6.10 Å². The third kappa shape index (κ3) is 43.4. The van der Waals surface area contributed by atoms with E-state index in [1.165, 1.54) is 141 Å². The van der Waals surface area contributed by atoms with Crippen molar-refractivity contribution in [2.24, 2.45) is 17.8 Å². The van der Waals surface area contributed by atoms with Crippen molar-refractivity contribution in [3.05, 3.63) is 0 Å². The summed E-state index contributed by atoms with van der Waals surface area (Å²) in [6, 6.07) is 0. The van der Waals surface area contributed by atoms with Gasteiger partial charge in [0.25, 0.3) is 0 Å². The van der Waals surface area contributed by atoms with Gasteiger partial charge in [0.2, 0.25) is 0 Å². The zero-order valence-electron chi connectivity index (χ0n) is 37.7. The number of ether oxygens (including phenoxy) is 3. The van der Waals surface area contributed by atoms with E-state index in [2.05, 4.69) is 41.5 Å². The summed E-state index contributed by atoms with van der Waals surface area (Å²) in [5.41, 5.74) is 0. The van der Waals surface area contributed by atoms with Crippen molar-refractivity contribution in [1.82, 2.24) is 0 Å². The Hall–Kier alpha value is -1.59. The highest BCUT2D eigenvalue weighted by atomic mass is 16.6. The lowest BCUT2D eigenvalue weighted by atomic mass is 10.0. The molecule has 0 aliphatic carbocycles. The van der Waals surface area contributed by atoms with Crippen molar-refractivity contribution in [2.45, 2.75) is 266 Å². The van der Waals surface area contributed by atoms with Gasteiger partial charge in [-0.15, -0.1) is 0 Å². The summed E-state index contributed by atoms with van der Waals surface area (Å²) in [5.74, 6) is 1.55. The summed E-state index contributed by atoms with van der Waals surface area (Å²) in [4.78, 5) is 37.8. The first-order chi connectivity index (χ1) is 26.6. The molecule has 0 saturated heterocycles. The van der Waals surface area contributed by atoms with Crippen LogP contribution in [0.4, 0.5) is 0 Å². The minimum atomic E-state index is -0.762. The summed E-state index contributed by atoms with van der Waals surface area (Å²) in [5, 5.41) is 0. The third-order valence-corrected chi connectivity index (χ3v) is 10.9. The second-order valence-electron chi connectivity index (χ2n) is 18.2. The van der Waals surface area contributed by atoms with Crippen LogP contribution in [0.2, 0.25) is 0 Å². The lowest BCUT2D eigenvalue weighted by Gasteiger charge is -2.18. The number of unbranched alkanes of at least 4 members (excludes halogenated alkanes) is 25. The maximum Gasteiger partial charge on any atom is 0.306 e. The highest BCUT2D eigenvalue weighted by Gasteiger charge is 2.19. The Morgan fingerprint density at radius 2 is 0.527 bits per heavy atom. The van der Waals surface area contributed by atoms with Crippen LogP contribution in [-0.2, 0) is 28.6 Å². The van der Waals surface area contributed by atoms with Gasteiger partial charge < -0.3 is 14.2 Å². The lowest BCUT2D eigenvalue weighted by Crippen LogP contribution is -2.30. The van der Waals surface area contributed by atoms with E-state index in [-0.39, 0.29) is 31.1 Å². The summed E-state index contributed by atoms with van der Waals surface area (Å²) in [6.45, 7) is 13.6. The van der Waals surface area contributed by atoms with E-state index in [1.54, 1.807) is 0 Å². The van der Waals surface area contributed by atoms with E-state index in [1.807, 2.05) is 0 Å². The molecule has 1 atom stereocenters. The van der Waals surface area contributed by atoms with E-state index in [0.717, 1.165) is 75.5 Å². The molecule has 326 valence electrons. The van der Waals surface area contributed by atoms with E-state index in [9.17, 15) is 14.4 Å². The third-order valence-electron chi connectivity index (χ3n) is 10.9. The van der Waals surface area contributed by atoms with Crippen molar-refractivity contribution in [3.63, 3.8) is 0 Å². The first-order valence-corrected chi connectivity index (χ1v) is 24.1. The Morgan fingerprint density at radius 1 is 0.309 bits per heavy atom. The predicted octanol–water partition coefficient (Wildman–Crippen LogP) is 15.2. The summed E-state index contributed by atoms with van der Waals surface area (Å²) in [6.07, 6.45) is 38.2. The molecule has 0 saturated carbocycles. The van der Waals surface area contributed by atoms with Crippen LogP contribution in [0.3, 0.4) is 0 Å². The largest absolute Gasteiger partial charge is 0.462 e. The second-order valence-corrected chi connectivity index (χ2v) is 18.2. The SMILES string of the molecule is CC(C)CCCCCCCCCCCCCCC(=O)OC[C@H](COC(=O)CCCCCCCCCCCCC(C)C)OC(=O)CCCCCCCCC(C)C. The van der Waals surface area contributed by atoms with E-state index in [4.69, 9.17) is 14.2 Å². The average molecular weight is 779 g/mol. The summed E-state index contributed by atoms with van der Waals surface area (Å²) in [7, 11) is 0. The van der Waals surface area contributed by atoms with Gasteiger partial charge in [0.15, 0.2) is 6.10 Å². The molecule has 0 rings (SSSR count). The Balaban J connectivity index is 4.28. The molecule has 0 aliphatic rings. The average Bonchev–Trinajstić information content (AvgIpc) is 3.13. The molecule has 0 N–H and O–H groups in total. The topological polar surface area (TPSA) is 78.9 Å². The molecular weight excluding hydrogens is 685 g/mol. The van der Waals surface area contributed by atoms with Gasteiger partial charge in [0.05, 0.1) is 0 Å². The first kappa shape index (κ1) is 53.4. The molecule has 0 aromatic heterocycles. The Morgan fingerprint density at radius 3 is 0.782 bits per heavy atom. The molecule has 55 heavy (non-hydrogen) atoms. The molecule has 0 amide bonds. The maximum atomic E-state index is 12.7. The lowest BCUT2D eigenvalue weighted by molar-refractivity contribution is -0.167. The second kappa shape index (κ2) is 40.6. The predicted molar refractivity (Wildman–Crippen MR) is 233 cm³/mol. The molecule has 0 fully saturated rings. The molecule has 0 unspecified atom stereocenters. The normalized spacial score (nSPS) is 12.2. The van der Waals surface area contributed by atoms with Gasteiger partial charge in [0, 0.05) is 19.3 Å². The van der Waals surface area contributed by atoms with Gasteiger partial charge in [-0.05, 0) is 37.0 Å². The quantitative estimate of drug-likeness (QED) is 0.0349. The number of rotatable bonds is 42. The van der Waals surface area contributed by atoms with Crippen LogP contribution in [0.1, 0.15) is 260 Å². The number of esters is 3. The molecule has 0 aromatic carbocycles. The van der Waals surface area contributed by atoms with Gasteiger partial charge in [-0.25, -0.2) is 0 Å². The number of hydrogen-bond donors (Lipinski definition) is 0. The van der Waals surface area contributed by atoms with Crippen LogP contribution in [0.15, 0.2) is 0 Å². The molecule has 0 aliphatic heterocycles. The Labute approximate surface area is 342 Å². The molecule has 0 spiro atoms. The fraction of sp³-hybridized carbons (Fsp3) is 0.939. The monoisotopic (exact) mass is 779 g/mol. The van der Waals surface area contributed by atoms with Crippen LogP contribution in [0, 0.1) is 17.8 Å². The standard InChI is InChI=1S/C49H94O6/c1-43(2)35-29-23-17-13-9-7-8-10-15-19-26-32-38-47(50)53-41-46(55-49(52)40-34-28-22-21-25-31-37-45(5)6)42-54-48(51)39-33-27-20-16-12-11-14-18-24-30-36-44(3)4/h43-46H,7-42H2,1-6H3/t46-/m1/s1. The van der Waals surface area contributed by atoms with Crippen LogP contribution in [0.25, 0.3) is 0 Å². The van der Waals surface area contributed by atoms with Crippen LogP contribution in [0.5, 0.6) is 0 Å². The van der Waals surface area contributed by atoms with Crippen LogP contribution >= 0.6 is 0 Å². The fourth-order valence-corrected chi connectivity index (χ4v) is 7.23. The Bertz CT molecular complexity index is 852. The molecule has 0 aromatic rings. The summed E-state index contributed by atoms with van der Waals surface area (Å²) >= 11 is 0. The van der Waals surface area contributed by atoms with Crippen molar-refractivity contribution in [3.8, 4) is 0 Å². The van der Waals surface area contributed by atoms with Gasteiger partial charge >= 0.3 is 17.9 Å². The maximum absolute atomic E-state index is 12.7. The number of carbonyl (C=O) groups is 3. The molecule has 0 radical (unpaired) electrons. The van der Waals surface area contributed by atoms with Crippen molar-refractivity contribution >= 4 is 17.9 Å². The highest BCUT2D eigenvalue weighted by molar-refractivity contribution is 5.71. The summed E-state index contributed by atoms with van der Waals surface area (Å²) < 4.78 is 16.7. The zero-order chi connectivity index (χ0) is 40.6. The fourth-order valence-electron chi connectivity index (χ4n) is 7.23. The van der Waals surface area contributed by atoms with E-state index in [0.29, 0.717) is 19.3 Å².